The van der Waals surface area contributed by atoms with Crippen LogP contribution in [0, 0.1) is 0 Å². The first kappa shape index (κ1) is 16.4. The summed E-state index contributed by atoms with van der Waals surface area (Å²) in [5, 5.41) is 0.422. The van der Waals surface area contributed by atoms with Crippen LogP contribution in [0.1, 0.15) is 47.5 Å². The highest BCUT2D eigenvalue weighted by atomic mass is 28.4. The Hall–Kier alpha value is 0.354. The normalized spacial score (nSPS) is 22.5. The molecule has 0 aromatic rings. The van der Waals surface area contributed by atoms with Crippen molar-refractivity contribution in [2.75, 3.05) is 13.1 Å². The second-order valence-electron chi connectivity index (χ2n) is 7.99. The van der Waals surface area contributed by atoms with Gasteiger partial charge in [0.1, 0.15) is 8.24 Å². The lowest BCUT2D eigenvalue weighted by Crippen LogP contribution is -2.71. The van der Waals surface area contributed by atoms with Crippen LogP contribution >= 0.6 is 0 Å². The summed E-state index contributed by atoms with van der Waals surface area (Å²) in [6, 6.07) is 0. The summed E-state index contributed by atoms with van der Waals surface area (Å²) in [7, 11) is -2.89. The Labute approximate surface area is 117 Å². The molecule has 108 valence electrons. The van der Waals surface area contributed by atoms with Crippen LogP contribution in [-0.2, 0) is 0 Å². The molecule has 4 heteroatoms. The fourth-order valence-corrected chi connectivity index (χ4v) is 14.7. The average Bonchev–Trinajstić information content (AvgIpc) is 2.67. The van der Waals surface area contributed by atoms with Gasteiger partial charge >= 0.3 is 0 Å². The zero-order chi connectivity index (χ0) is 14.2. The maximum absolute atomic E-state index is 4.25. The number of rotatable bonds is 4. The molecule has 1 N–H and O–H groups in total. The Morgan fingerprint density at radius 2 is 1.44 bits per heavy atom. The molecule has 1 aliphatic heterocycles. The zero-order valence-electron chi connectivity index (χ0n) is 13.9. The van der Waals surface area contributed by atoms with Crippen molar-refractivity contribution in [2.45, 2.75) is 77.7 Å². The van der Waals surface area contributed by atoms with Gasteiger partial charge in [0.2, 0.25) is 0 Å². The number of hydrogen-bond acceptors (Lipinski definition) is 2. The highest BCUT2D eigenvalue weighted by molar-refractivity contribution is 6.92. The molecule has 1 aliphatic rings. The van der Waals surface area contributed by atoms with E-state index in [9.17, 15) is 0 Å². The van der Waals surface area contributed by atoms with Gasteiger partial charge in [-0.15, -0.1) is 0 Å². The molecule has 1 heterocycles. The number of hydrogen-bond donors (Lipinski definition) is 1. The predicted octanol–water partition coefficient (Wildman–Crippen LogP) is 4.16. The summed E-state index contributed by atoms with van der Waals surface area (Å²) in [6.45, 7) is 22.3. The number of nitrogens with one attached hydrogen (secondary N) is 1. The van der Waals surface area contributed by atoms with Crippen molar-refractivity contribution in [3.63, 3.8) is 0 Å². The Morgan fingerprint density at radius 3 is 1.78 bits per heavy atom. The lowest BCUT2D eigenvalue weighted by molar-refractivity contribution is 0.510. The minimum atomic E-state index is -1.46. The SMILES string of the molecule is CC(C)[Si](C)(N[Si](C)(C)N1CCCC1)C(C)(C)C. The van der Waals surface area contributed by atoms with Gasteiger partial charge in [-0.2, -0.15) is 0 Å². The van der Waals surface area contributed by atoms with Gasteiger partial charge in [0, 0.05) is 0 Å². The van der Waals surface area contributed by atoms with Crippen LogP contribution in [0.25, 0.3) is 0 Å². The van der Waals surface area contributed by atoms with E-state index in [4.69, 9.17) is 0 Å². The third-order valence-electron chi connectivity index (χ3n) is 5.17. The van der Waals surface area contributed by atoms with E-state index >= 15 is 0 Å². The summed E-state index contributed by atoms with van der Waals surface area (Å²) in [5.74, 6) is 0. The van der Waals surface area contributed by atoms with E-state index in [1.165, 1.54) is 25.9 Å². The van der Waals surface area contributed by atoms with Crippen molar-refractivity contribution in [3.8, 4) is 0 Å². The molecule has 0 aliphatic carbocycles. The van der Waals surface area contributed by atoms with E-state index in [1.807, 2.05) is 0 Å². The largest absolute Gasteiger partial charge is 0.347 e. The van der Waals surface area contributed by atoms with Gasteiger partial charge in [-0.05, 0) is 49.6 Å². The van der Waals surface area contributed by atoms with Crippen molar-refractivity contribution in [3.05, 3.63) is 0 Å². The summed E-state index contributed by atoms with van der Waals surface area (Å²) in [5.41, 5.74) is 0.784. The quantitative estimate of drug-likeness (QED) is 0.781. The molecule has 0 spiro atoms. The van der Waals surface area contributed by atoms with Gasteiger partial charge < -0.3 is 9.21 Å². The molecule has 2 nitrogen and oxygen atoms in total. The summed E-state index contributed by atoms with van der Waals surface area (Å²) in [6.07, 6.45) is 2.79. The van der Waals surface area contributed by atoms with E-state index < -0.39 is 16.6 Å². The second kappa shape index (κ2) is 5.39. The Bertz CT molecular complexity index is 278. The van der Waals surface area contributed by atoms with E-state index in [2.05, 4.69) is 63.5 Å². The first-order chi connectivity index (χ1) is 8.01. The summed E-state index contributed by atoms with van der Waals surface area (Å²) < 4.78 is 7.02. The van der Waals surface area contributed by atoms with E-state index in [1.54, 1.807) is 0 Å². The fraction of sp³-hybridized carbons (Fsp3) is 1.00. The van der Waals surface area contributed by atoms with Crippen molar-refractivity contribution < 1.29 is 0 Å². The highest BCUT2D eigenvalue weighted by Crippen LogP contribution is 2.42. The molecule has 1 unspecified atom stereocenters. The molecule has 1 fully saturated rings. The third-order valence-corrected chi connectivity index (χ3v) is 17.2. The monoisotopic (exact) mass is 286 g/mol. The van der Waals surface area contributed by atoms with Crippen LogP contribution in [0.3, 0.4) is 0 Å². The first-order valence-corrected chi connectivity index (χ1v) is 13.1. The Morgan fingerprint density at radius 1 is 1.00 bits per heavy atom. The molecule has 0 radical (unpaired) electrons. The maximum Gasteiger partial charge on any atom is 0.191 e. The van der Waals surface area contributed by atoms with Gasteiger partial charge in [-0.3, -0.25) is 0 Å². The Balaban J connectivity index is 2.90. The van der Waals surface area contributed by atoms with E-state index in [0.29, 0.717) is 5.04 Å². The minimum Gasteiger partial charge on any atom is -0.347 e. The minimum absolute atomic E-state index is 0.422. The van der Waals surface area contributed by atoms with Crippen molar-refractivity contribution in [1.29, 1.82) is 0 Å². The first-order valence-electron chi connectivity index (χ1n) is 7.55. The lowest BCUT2D eigenvalue weighted by Gasteiger charge is -2.50. The molecule has 0 aromatic carbocycles. The van der Waals surface area contributed by atoms with Gasteiger partial charge in [0.15, 0.2) is 8.40 Å². The van der Waals surface area contributed by atoms with Crippen molar-refractivity contribution in [2.24, 2.45) is 0 Å². The molecule has 0 amide bonds. The van der Waals surface area contributed by atoms with Crippen molar-refractivity contribution >= 4 is 16.6 Å². The summed E-state index contributed by atoms with van der Waals surface area (Å²) in [4.78, 5) is 0. The van der Waals surface area contributed by atoms with Crippen LogP contribution in [0.2, 0.25) is 30.2 Å². The standard InChI is InChI=1S/C14H34N2Si2/c1-13(2)18(8,14(3,4)5)15-17(6,7)16-11-9-10-12-16/h13,15H,9-12H2,1-8H3. The maximum atomic E-state index is 4.25. The molecule has 1 saturated heterocycles. The van der Waals surface area contributed by atoms with Gasteiger partial charge in [-0.25, -0.2) is 0 Å². The Kier molecular flexibility index (Phi) is 4.91. The molecule has 1 atom stereocenters. The fourth-order valence-electron chi connectivity index (χ4n) is 3.19. The molecular formula is C14H34N2Si2. The molecule has 18 heavy (non-hydrogen) atoms. The third kappa shape index (κ3) is 3.27. The van der Waals surface area contributed by atoms with Crippen LogP contribution < -0.4 is 4.65 Å². The van der Waals surface area contributed by atoms with Crippen molar-refractivity contribution in [1.82, 2.24) is 9.21 Å². The van der Waals surface area contributed by atoms with Crippen LogP contribution in [-0.4, -0.2) is 34.3 Å². The topological polar surface area (TPSA) is 15.3 Å². The van der Waals surface area contributed by atoms with Crippen LogP contribution in [0.5, 0.6) is 0 Å². The van der Waals surface area contributed by atoms with Gasteiger partial charge in [-0.1, -0.05) is 41.2 Å². The lowest BCUT2D eigenvalue weighted by atomic mass is 10.2. The van der Waals surface area contributed by atoms with E-state index in [0.717, 1.165) is 5.54 Å². The van der Waals surface area contributed by atoms with Crippen LogP contribution in [0.4, 0.5) is 0 Å². The summed E-state index contributed by atoms with van der Waals surface area (Å²) >= 11 is 0. The van der Waals surface area contributed by atoms with Crippen LogP contribution in [0.15, 0.2) is 0 Å². The zero-order valence-corrected chi connectivity index (χ0v) is 15.9. The highest BCUT2D eigenvalue weighted by Gasteiger charge is 2.48. The smallest absolute Gasteiger partial charge is 0.191 e. The predicted molar refractivity (Wildman–Crippen MR) is 87.9 cm³/mol. The molecular weight excluding hydrogens is 252 g/mol. The number of nitrogens with zero attached hydrogens (tertiary/aromatic N) is 1. The second-order valence-corrected chi connectivity index (χ2v) is 17.8. The molecule has 1 rings (SSSR count). The molecule has 0 saturated carbocycles. The molecule has 0 bridgehead atoms. The van der Waals surface area contributed by atoms with Gasteiger partial charge in [0.25, 0.3) is 0 Å². The van der Waals surface area contributed by atoms with E-state index in [-0.39, 0.29) is 0 Å². The average molecular weight is 287 g/mol. The molecule has 0 aromatic heterocycles. The van der Waals surface area contributed by atoms with Gasteiger partial charge in [0.05, 0.1) is 0 Å².